The predicted octanol–water partition coefficient (Wildman–Crippen LogP) is 3.74. The largest absolute Gasteiger partial charge is 0.395 e. The lowest BCUT2D eigenvalue weighted by molar-refractivity contribution is 0.102. The van der Waals surface area contributed by atoms with Crippen molar-refractivity contribution < 1.29 is 18.3 Å². The molecule has 1 aliphatic carbocycles. The molecule has 37 heavy (non-hydrogen) atoms. The molecule has 3 heterocycles. The van der Waals surface area contributed by atoms with Crippen LogP contribution in [0.2, 0.25) is 0 Å². The van der Waals surface area contributed by atoms with E-state index in [-0.39, 0.29) is 11.7 Å². The second kappa shape index (κ2) is 9.33. The number of aliphatic hydroxyl groups is 1. The molecule has 1 aromatic heterocycles. The van der Waals surface area contributed by atoms with Gasteiger partial charge in [0.15, 0.2) is 0 Å². The van der Waals surface area contributed by atoms with Crippen molar-refractivity contribution in [3.63, 3.8) is 0 Å². The maximum Gasteiger partial charge on any atom is 0.257 e. The van der Waals surface area contributed by atoms with Gasteiger partial charge in [-0.2, -0.15) is 0 Å². The van der Waals surface area contributed by atoms with Crippen molar-refractivity contribution in [1.29, 1.82) is 0 Å². The molecule has 196 valence electrons. The van der Waals surface area contributed by atoms with Gasteiger partial charge in [-0.1, -0.05) is 6.07 Å². The first-order valence-corrected chi connectivity index (χ1v) is 14.8. The number of nitrogens with one attached hydrogen (secondary N) is 2. The normalized spacial score (nSPS) is 18.6. The summed E-state index contributed by atoms with van der Waals surface area (Å²) in [5.74, 6) is 0.436. The van der Waals surface area contributed by atoms with Crippen LogP contribution >= 0.6 is 0 Å². The maximum absolute atomic E-state index is 13.7. The molecule has 1 saturated carbocycles. The minimum Gasteiger partial charge on any atom is -0.395 e. The van der Waals surface area contributed by atoms with Gasteiger partial charge in [0.25, 0.3) is 5.91 Å². The van der Waals surface area contributed by atoms with Crippen LogP contribution in [0.5, 0.6) is 0 Å². The molecule has 0 bridgehead atoms. The van der Waals surface area contributed by atoms with E-state index in [0.717, 1.165) is 68.6 Å². The molecule has 2 fully saturated rings. The number of aromatic nitrogens is 2. The van der Waals surface area contributed by atoms with Crippen LogP contribution < -0.4 is 14.9 Å². The van der Waals surface area contributed by atoms with Gasteiger partial charge < -0.3 is 19.9 Å². The van der Waals surface area contributed by atoms with E-state index in [0.29, 0.717) is 28.0 Å². The molecule has 6 rings (SSSR count). The highest BCUT2D eigenvalue weighted by Crippen LogP contribution is 2.54. The number of hydrogen-bond acceptors (Lipinski definition) is 6. The third kappa shape index (κ3) is 4.80. The highest BCUT2D eigenvalue weighted by molar-refractivity contribution is 7.92. The van der Waals surface area contributed by atoms with Gasteiger partial charge in [-0.3, -0.25) is 9.52 Å². The minimum absolute atomic E-state index is 0.245. The number of rotatable bonds is 7. The number of carbonyl (C=O) groups is 1. The highest BCUT2D eigenvalue weighted by Gasteiger charge is 2.44. The number of benzene rings is 2. The number of carbonyl (C=O) groups excluding carboxylic acids is 1. The van der Waals surface area contributed by atoms with E-state index in [2.05, 4.69) is 19.5 Å². The third-order valence-corrected chi connectivity index (χ3v) is 9.40. The first-order valence-electron chi connectivity index (χ1n) is 13.2. The van der Waals surface area contributed by atoms with Gasteiger partial charge in [-0.15, -0.1) is 0 Å². The molecular formula is C27H33N5O4S. The van der Waals surface area contributed by atoms with Gasteiger partial charge in [0.1, 0.15) is 11.3 Å². The van der Waals surface area contributed by atoms with Gasteiger partial charge in [-0.25, -0.2) is 13.4 Å². The van der Waals surface area contributed by atoms with Crippen molar-refractivity contribution in [1.82, 2.24) is 9.55 Å². The van der Waals surface area contributed by atoms with Crippen molar-refractivity contribution in [2.75, 3.05) is 40.4 Å². The second-order valence-corrected chi connectivity index (χ2v) is 12.5. The van der Waals surface area contributed by atoms with Crippen molar-refractivity contribution in [2.45, 2.75) is 51.5 Å². The number of amides is 1. The van der Waals surface area contributed by atoms with Gasteiger partial charge in [0.2, 0.25) is 10.0 Å². The number of aryl methyl sites for hydroxylation is 2. The minimum atomic E-state index is -3.68. The van der Waals surface area contributed by atoms with Gasteiger partial charge >= 0.3 is 0 Å². The molecule has 3 N–H and O–H groups in total. The van der Waals surface area contributed by atoms with Crippen LogP contribution in [0.15, 0.2) is 36.4 Å². The van der Waals surface area contributed by atoms with E-state index in [1.165, 1.54) is 12.8 Å². The van der Waals surface area contributed by atoms with Crippen molar-refractivity contribution in [3.8, 4) is 0 Å². The Morgan fingerprint density at radius 3 is 2.62 bits per heavy atom. The van der Waals surface area contributed by atoms with Gasteiger partial charge in [0.05, 0.1) is 40.5 Å². The number of anilines is 3. The third-order valence-electron chi connectivity index (χ3n) is 8.14. The highest BCUT2D eigenvalue weighted by atomic mass is 32.2. The molecule has 1 amide bonds. The summed E-state index contributed by atoms with van der Waals surface area (Å²) in [5.41, 5.74) is 4.58. The summed E-state index contributed by atoms with van der Waals surface area (Å²) in [5, 5.41) is 12.2. The quantitative estimate of drug-likeness (QED) is 0.434. The summed E-state index contributed by atoms with van der Waals surface area (Å²) < 4.78 is 29.3. The summed E-state index contributed by atoms with van der Waals surface area (Å²) in [6, 6.07) is 10.9. The number of nitrogens with zero attached hydrogens (tertiary/aromatic N) is 3. The Bertz CT molecular complexity index is 1450. The van der Waals surface area contributed by atoms with Gasteiger partial charge in [-0.05, 0) is 74.3 Å². The summed E-state index contributed by atoms with van der Waals surface area (Å²) in [6.07, 6.45) is 7.89. The molecular weight excluding hydrogens is 490 g/mol. The average molecular weight is 524 g/mol. The first-order chi connectivity index (χ1) is 17.9. The summed E-state index contributed by atoms with van der Waals surface area (Å²) >= 11 is 0. The molecule has 1 saturated heterocycles. The van der Waals surface area contributed by atoms with E-state index in [1.54, 1.807) is 18.2 Å². The summed E-state index contributed by atoms with van der Waals surface area (Å²) in [4.78, 5) is 20.7. The van der Waals surface area contributed by atoms with Crippen LogP contribution in [0.3, 0.4) is 0 Å². The second-order valence-electron chi connectivity index (χ2n) is 10.6. The van der Waals surface area contributed by atoms with Crippen molar-refractivity contribution in [2.24, 2.45) is 5.41 Å². The van der Waals surface area contributed by atoms with Crippen molar-refractivity contribution >= 4 is 44.0 Å². The number of imidazole rings is 1. The van der Waals surface area contributed by atoms with E-state index in [1.807, 2.05) is 18.2 Å². The van der Waals surface area contributed by atoms with Gasteiger partial charge in [0, 0.05) is 26.1 Å². The lowest BCUT2D eigenvalue weighted by Gasteiger charge is -2.35. The molecule has 0 radical (unpaired) electrons. The van der Waals surface area contributed by atoms with Crippen LogP contribution in [-0.2, 0) is 23.0 Å². The van der Waals surface area contributed by atoms with Crippen molar-refractivity contribution in [3.05, 3.63) is 47.8 Å². The van der Waals surface area contributed by atoms with Crippen LogP contribution in [0.25, 0.3) is 11.0 Å². The number of fused-ring (bicyclic) bond motifs is 3. The number of para-hydroxylation sites is 1. The Balaban J connectivity index is 1.32. The lowest BCUT2D eigenvalue weighted by atomic mass is 9.93. The molecule has 1 spiro atoms. The SMILES string of the molecule is O=C(Nc1cccc2c1nc1n2CCCC1)c1ccc(NS(=O)(=O)CCO)cc1N1CCC2(CC1)CC2. The summed E-state index contributed by atoms with van der Waals surface area (Å²) in [7, 11) is -3.68. The molecule has 0 atom stereocenters. The van der Waals surface area contributed by atoms with E-state index in [9.17, 15) is 13.2 Å². The molecule has 3 aromatic rings. The fraction of sp³-hybridized carbons (Fsp3) is 0.481. The lowest BCUT2D eigenvalue weighted by Crippen LogP contribution is -2.35. The first kappa shape index (κ1) is 24.2. The Kier molecular flexibility index (Phi) is 6.11. The molecule has 9 nitrogen and oxygen atoms in total. The zero-order chi connectivity index (χ0) is 25.6. The zero-order valence-electron chi connectivity index (χ0n) is 20.9. The fourth-order valence-corrected chi connectivity index (χ4v) is 6.61. The molecule has 2 aromatic carbocycles. The Morgan fingerprint density at radius 2 is 1.86 bits per heavy atom. The predicted molar refractivity (Wildman–Crippen MR) is 145 cm³/mol. The van der Waals surface area contributed by atoms with E-state index < -0.39 is 16.6 Å². The maximum atomic E-state index is 13.7. The van der Waals surface area contributed by atoms with Crippen LogP contribution in [0.4, 0.5) is 17.1 Å². The topological polar surface area (TPSA) is 117 Å². The Labute approximate surface area is 216 Å². The van der Waals surface area contributed by atoms with E-state index in [4.69, 9.17) is 10.1 Å². The number of hydrogen-bond donors (Lipinski definition) is 3. The number of aliphatic hydroxyl groups excluding tert-OH is 1. The zero-order valence-corrected chi connectivity index (χ0v) is 21.7. The molecule has 10 heteroatoms. The summed E-state index contributed by atoms with van der Waals surface area (Å²) in [6.45, 7) is 2.14. The monoisotopic (exact) mass is 523 g/mol. The Hall–Kier alpha value is -3.11. The standard InChI is InChI=1S/C27H33N5O4S/c33-16-17-37(35,36)30-19-7-8-20(23(18-19)31-14-11-27(9-10-27)12-15-31)26(34)28-21-4-3-5-22-25(21)29-24-6-1-2-13-32(22)24/h3-5,7-8,18,30,33H,1-2,6,9-17H2,(H,28,34). The molecule has 3 aliphatic rings. The Morgan fingerprint density at radius 1 is 1.05 bits per heavy atom. The van der Waals surface area contributed by atoms with Crippen LogP contribution in [-0.4, -0.2) is 54.4 Å². The van der Waals surface area contributed by atoms with E-state index >= 15 is 0 Å². The number of sulfonamides is 1. The number of piperidine rings is 1. The van der Waals surface area contributed by atoms with Crippen LogP contribution in [0, 0.1) is 5.41 Å². The van der Waals surface area contributed by atoms with Crippen LogP contribution in [0.1, 0.15) is 54.7 Å². The molecule has 0 unspecified atom stereocenters. The molecule has 2 aliphatic heterocycles. The smallest absolute Gasteiger partial charge is 0.257 e. The fourth-order valence-electron chi connectivity index (χ4n) is 5.78. The average Bonchev–Trinajstić information content (AvgIpc) is 3.52.